The van der Waals surface area contributed by atoms with E-state index in [0.29, 0.717) is 12.2 Å². The maximum atomic E-state index is 12.8. The number of carbonyl (C=O) groups excluding carboxylic acids is 1. The average molecular weight is 353 g/mol. The molecule has 0 radical (unpaired) electrons. The molecule has 1 N–H and O–H groups in total. The average Bonchev–Trinajstić information content (AvgIpc) is 3.22. The second kappa shape index (κ2) is 7.23. The van der Waals surface area contributed by atoms with Crippen molar-refractivity contribution in [2.24, 2.45) is 0 Å². The summed E-state index contributed by atoms with van der Waals surface area (Å²) in [6.45, 7) is 2.36. The Morgan fingerprint density at radius 3 is 2.96 bits per heavy atom. The molecule has 2 aromatic rings. The van der Waals surface area contributed by atoms with Crippen molar-refractivity contribution in [1.29, 1.82) is 0 Å². The molecule has 0 aliphatic carbocycles. The van der Waals surface area contributed by atoms with Crippen LogP contribution in [0.2, 0.25) is 0 Å². The predicted octanol–water partition coefficient (Wildman–Crippen LogP) is 2.42. The number of hydrogen-bond acceptors (Lipinski definition) is 5. The fourth-order valence-corrected chi connectivity index (χ4v) is 3.59. The maximum Gasteiger partial charge on any atom is 0.255 e. The number of hydrogen-bond donors (Lipinski definition) is 1. The number of benzene rings is 1. The zero-order valence-electron chi connectivity index (χ0n) is 14.9. The molecule has 1 aromatic heterocycles. The first-order valence-corrected chi connectivity index (χ1v) is 9.05. The van der Waals surface area contributed by atoms with Gasteiger partial charge in [-0.1, -0.05) is 6.07 Å². The zero-order valence-corrected chi connectivity index (χ0v) is 14.9. The van der Waals surface area contributed by atoms with Crippen molar-refractivity contribution < 1.29 is 14.3 Å². The van der Waals surface area contributed by atoms with Crippen LogP contribution < -0.4 is 19.7 Å². The summed E-state index contributed by atoms with van der Waals surface area (Å²) in [5.41, 5.74) is 1.71. The van der Waals surface area contributed by atoms with Crippen LogP contribution in [-0.2, 0) is 6.42 Å². The summed E-state index contributed by atoms with van der Waals surface area (Å²) in [4.78, 5) is 19.5. The fourth-order valence-electron chi connectivity index (χ4n) is 3.59. The smallest absolute Gasteiger partial charge is 0.255 e. The highest BCUT2D eigenvalue weighted by molar-refractivity contribution is 5.99. The minimum atomic E-state index is -0.0921. The van der Waals surface area contributed by atoms with Gasteiger partial charge in [0.05, 0.1) is 18.7 Å². The molecule has 1 unspecified atom stereocenters. The van der Waals surface area contributed by atoms with Crippen LogP contribution in [0.5, 0.6) is 11.5 Å². The number of nitrogens with one attached hydrogen (secondary N) is 1. The standard InChI is InChI=1S/C20H23N3O3/c1-25-16-7-6-14-11-15(13-26-18(14)12-16)22-20(24)17-5-4-8-21-19(17)23-9-2-3-10-23/h4-8,12,15H,2-3,9-11,13H2,1H3,(H,22,24). The van der Waals surface area contributed by atoms with E-state index in [9.17, 15) is 4.79 Å². The molecular weight excluding hydrogens is 330 g/mol. The van der Waals surface area contributed by atoms with E-state index in [4.69, 9.17) is 9.47 Å². The van der Waals surface area contributed by atoms with Crippen LogP contribution in [0.4, 0.5) is 5.82 Å². The number of aromatic nitrogens is 1. The summed E-state index contributed by atoms with van der Waals surface area (Å²) in [6.07, 6.45) is 4.78. The van der Waals surface area contributed by atoms with Gasteiger partial charge in [0.25, 0.3) is 5.91 Å². The van der Waals surface area contributed by atoms with Gasteiger partial charge >= 0.3 is 0 Å². The number of carbonyl (C=O) groups is 1. The molecular formula is C20H23N3O3. The van der Waals surface area contributed by atoms with Crippen LogP contribution in [0.3, 0.4) is 0 Å². The number of anilines is 1. The Morgan fingerprint density at radius 1 is 1.31 bits per heavy atom. The molecule has 1 fully saturated rings. The lowest BCUT2D eigenvalue weighted by Gasteiger charge is -2.27. The van der Waals surface area contributed by atoms with E-state index in [2.05, 4.69) is 15.2 Å². The van der Waals surface area contributed by atoms with Crippen LogP contribution in [0.15, 0.2) is 36.5 Å². The summed E-state index contributed by atoms with van der Waals surface area (Å²) < 4.78 is 11.1. The Kier molecular flexibility index (Phi) is 4.65. The number of nitrogens with zero attached hydrogens (tertiary/aromatic N) is 2. The summed E-state index contributed by atoms with van der Waals surface area (Å²) in [7, 11) is 1.64. The van der Waals surface area contributed by atoms with E-state index in [1.807, 2.05) is 30.3 Å². The van der Waals surface area contributed by atoms with Crippen molar-refractivity contribution in [3.8, 4) is 11.5 Å². The number of ether oxygens (including phenoxy) is 2. The Morgan fingerprint density at radius 2 is 2.15 bits per heavy atom. The number of amides is 1. The molecule has 0 saturated carbocycles. The molecule has 3 heterocycles. The van der Waals surface area contributed by atoms with Crippen molar-refractivity contribution in [2.75, 3.05) is 31.7 Å². The first kappa shape index (κ1) is 16.7. The third kappa shape index (κ3) is 3.31. The van der Waals surface area contributed by atoms with Gasteiger partial charge in [0.15, 0.2) is 0 Å². The topological polar surface area (TPSA) is 63.7 Å². The molecule has 1 saturated heterocycles. The Balaban J connectivity index is 1.47. The van der Waals surface area contributed by atoms with Gasteiger partial charge < -0.3 is 19.7 Å². The number of methoxy groups -OCH3 is 1. The summed E-state index contributed by atoms with van der Waals surface area (Å²) >= 11 is 0. The molecule has 26 heavy (non-hydrogen) atoms. The molecule has 1 atom stereocenters. The molecule has 0 spiro atoms. The first-order chi connectivity index (χ1) is 12.7. The molecule has 2 aliphatic rings. The lowest BCUT2D eigenvalue weighted by molar-refractivity contribution is 0.0915. The van der Waals surface area contributed by atoms with Gasteiger partial charge in [0.1, 0.15) is 23.9 Å². The normalized spacial score (nSPS) is 18.8. The van der Waals surface area contributed by atoms with Crippen molar-refractivity contribution in [3.05, 3.63) is 47.7 Å². The third-order valence-corrected chi connectivity index (χ3v) is 4.95. The van der Waals surface area contributed by atoms with E-state index in [-0.39, 0.29) is 11.9 Å². The predicted molar refractivity (Wildman–Crippen MR) is 99.1 cm³/mol. The maximum absolute atomic E-state index is 12.8. The van der Waals surface area contributed by atoms with Crippen LogP contribution in [-0.4, -0.2) is 43.7 Å². The zero-order chi connectivity index (χ0) is 17.9. The van der Waals surface area contributed by atoms with E-state index < -0.39 is 0 Å². The molecule has 4 rings (SSSR count). The number of rotatable bonds is 4. The van der Waals surface area contributed by atoms with Crippen LogP contribution in [0.25, 0.3) is 0 Å². The van der Waals surface area contributed by atoms with Crippen LogP contribution >= 0.6 is 0 Å². The van der Waals surface area contributed by atoms with Gasteiger partial charge in [-0.25, -0.2) is 4.98 Å². The van der Waals surface area contributed by atoms with E-state index in [1.165, 1.54) is 0 Å². The molecule has 1 aromatic carbocycles. The number of fused-ring (bicyclic) bond motifs is 1. The molecule has 2 aliphatic heterocycles. The molecule has 136 valence electrons. The van der Waals surface area contributed by atoms with Gasteiger partial charge in [-0.05, 0) is 43.0 Å². The lowest BCUT2D eigenvalue weighted by Crippen LogP contribution is -2.43. The van der Waals surface area contributed by atoms with Gasteiger partial charge in [-0.15, -0.1) is 0 Å². The van der Waals surface area contributed by atoms with Crippen molar-refractivity contribution in [1.82, 2.24) is 10.3 Å². The summed E-state index contributed by atoms with van der Waals surface area (Å²) in [5.74, 6) is 2.29. The summed E-state index contributed by atoms with van der Waals surface area (Å²) in [5, 5.41) is 3.11. The van der Waals surface area contributed by atoms with Gasteiger partial charge in [0.2, 0.25) is 0 Å². The Bertz CT molecular complexity index is 803. The lowest BCUT2D eigenvalue weighted by atomic mass is 10.0. The monoisotopic (exact) mass is 353 g/mol. The minimum Gasteiger partial charge on any atom is -0.497 e. The Hall–Kier alpha value is -2.76. The first-order valence-electron chi connectivity index (χ1n) is 9.05. The van der Waals surface area contributed by atoms with Crippen molar-refractivity contribution in [3.63, 3.8) is 0 Å². The second-order valence-corrected chi connectivity index (χ2v) is 6.73. The van der Waals surface area contributed by atoms with Gasteiger partial charge in [-0.3, -0.25) is 4.79 Å². The van der Waals surface area contributed by atoms with Crippen LogP contribution in [0, 0.1) is 0 Å². The van der Waals surface area contributed by atoms with Crippen molar-refractivity contribution >= 4 is 11.7 Å². The van der Waals surface area contributed by atoms with Gasteiger partial charge in [-0.2, -0.15) is 0 Å². The molecule has 6 heteroatoms. The van der Waals surface area contributed by atoms with E-state index in [1.54, 1.807) is 13.3 Å². The highest BCUT2D eigenvalue weighted by atomic mass is 16.5. The Labute approximate surface area is 153 Å². The molecule has 1 amide bonds. The van der Waals surface area contributed by atoms with Crippen molar-refractivity contribution in [2.45, 2.75) is 25.3 Å². The highest BCUT2D eigenvalue weighted by Gasteiger charge is 2.25. The number of pyridine rings is 1. The third-order valence-electron chi connectivity index (χ3n) is 4.95. The molecule has 6 nitrogen and oxygen atoms in total. The quantitative estimate of drug-likeness (QED) is 0.915. The van der Waals surface area contributed by atoms with E-state index in [0.717, 1.165) is 55.2 Å². The minimum absolute atomic E-state index is 0.0602. The van der Waals surface area contributed by atoms with Gasteiger partial charge in [0, 0.05) is 25.4 Å². The fraction of sp³-hybridized carbons (Fsp3) is 0.400. The highest BCUT2D eigenvalue weighted by Crippen LogP contribution is 2.29. The largest absolute Gasteiger partial charge is 0.497 e. The van der Waals surface area contributed by atoms with Crippen LogP contribution in [0.1, 0.15) is 28.8 Å². The summed E-state index contributed by atoms with van der Waals surface area (Å²) in [6, 6.07) is 9.40. The SMILES string of the molecule is COc1ccc2c(c1)OCC(NC(=O)c1cccnc1N1CCCC1)C2. The van der Waals surface area contributed by atoms with E-state index >= 15 is 0 Å². The molecule has 0 bridgehead atoms. The second-order valence-electron chi connectivity index (χ2n) is 6.73.